The second kappa shape index (κ2) is 14.8. The molecule has 3 amide bonds. The van der Waals surface area contributed by atoms with Gasteiger partial charge >= 0.3 is 5.97 Å². The van der Waals surface area contributed by atoms with E-state index in [0.717, 1.165) is 11.1 Å². The van der Waals surface area contributed by atoms with E-state index in [4.69, 9.17) is 14.2 Å². The number of aliphatic hydroxyl groups is 1. The smallest absolute Gasteiger partial charge is 0.313 e. The number of aryl methyl sites for hydroxylation is 2. The lowest BCUT2D eigenvalue weighted by atomic mass is 9.74. The first kappa shape index (κ1) is 36.0. The molecule has 8 atom stereocenters. The minimum absolute atomic E-state index is 0.0542. The maximum absolute atomic E-state index is 15.2. The highest BCUT2D eigenvalue weighted by Crippen LogP contribution is 2.59. The van der Waals surface area contributed by atoms with Crippen LogP contribution < -0.4 is 10.2 Å². The number of nitrogens with one attached hydrogen (secondary N) is 1. The van der Waals surface area contributed by atoms with Crippen LogP contribution in [0.3, 0.4) is 0 Å². The van der Waals surface area contributed by atoms with Crippen LogP contribution in [0.2, 0.25) is 0 Å². The fourth-order valence-corrected chi connectivity index (χ4v) is 8.82. The molecule has 0 radical (unpaired) electrons. The summed E-state index contributed by atoms with van der Waals surface area (Å²) >= 11 is 3.61. The highest BCUT2D eigenvalue weighted by atomic mass is 79.9. The Bertz CT molecular complexity index is 1670. The molecule has 4 aliphatic rings. The summed E-state index contributed by atoms with van der Waals surface area (Å²) in [6.07, 6.45) is 4.54. The summed E-state index contributed by atoms with van der Waals surface area (Å²) in [6.45, 7) is 5.52. The molecular weight excluding hydrogens is 706 g/mol. The van der Waals surface area contributed by atoms with E-state index in [9.17, 15) is 19.5 Å². The van der Waals surface area contributed by atoms with Gasteiger partial charge in [0.2, 0.25) is 11.8 Å². The molecule has 266 valence electrons. The number of cyclic esters (lactones) is 1. The van der Waals surface area contributed by atoms with Crippen molar-refractivity contribution in [1.82, 2.24) is 10.2 Å². The Morgan fingerprint density at radius 2 is 1.74 bits per heavy atom. The highest BCUT2D eigenvalue weighted by Gasteiger charge is 2.75. The van der Waals surface area contributed by atoms with Gasteiger partial charge in [-0.1, -0.05) is 83.5 Å². The Morgan fingerprint density at radius 3 is 2.40 bits per heavy atom. The topological polar surface area (TPSA) is 135 Å². The standard InChI is InChI=1S/C38H44BrN3O8/c1-5-25(20-43)42-34-36(46)41(31-22(2)13-12-14-23(31)3)18-11-7-10-17-28(44)40-27(21-48-4)32(24-15-8-6-9-16-24)49-37(47)29-30(35(42)45)38(34)19-26(39)33(29)50-38/h6-9,11-16,19,25,27,29-30,32-34,43H,5,10,17-18,20-21H2,1-4H3,(H,40,44)/b11-7-/t25-,27+,29-,30+,32+,33-,34-,38+/m0/s1. The Hall–Kier alpha value is -3.84. The number of halogens is 1. The third-order valence-corrected chi connectivity index (χ3v) is 11.0. The number of carbonyl (C=O) groups is 4. The van der Waals surface area contributed by atoms with E-state index < -0.39 is 65.6 Å². The lowest BCUT2D eigenvalue weighted by Crippen LogP contribution is -2.58. The number of likely N-dealkylation sites (tertiary alicyclic amines) is 1. The van der Waals surface area contributed by atoms with Gasteiger partial charge in [-0.25, -0.2) is 0 Å². The summed E-state index contributed by atoms with van der Waals surface area (Å²) in [5.74, 6) is -4.03. The van der Waals surface area contributed by atoms with E-state index in [1.807, 2.05) is 69.3 Å². The minimum Gasteiger partial charge on any atom is -0.455 e. The number of para-hydroxylation sites is 1. The molecule has 6 rings (SSSR count). The van der Waals surface area contributed by atoms with Crippen molar-refractivity contribution in [3.63, 3.8) is 0 Å². The summed E-state index contributed by atoms with van der Waals surface area (Å²) in [5.41, 5.74) is 1.54. The van der Waals surface area contributed by atoms with E-state index in [1.165, 1.54) is 12.0 Å². The van der Waals surface area contributed by atoms with Crippen molar-refractivity contribution in [2.75, 3.05) is 31.8 Å². The molecule has 5 bridgehead atoms. The number of methoxy groups -OCH3 is 1. The van der Waals surface area contributed by atoms with Gasteiger partial charge in [-0.05, 0) is 49.5 Å². The zero-order valence-corrected chi connectivity index (χ0v) is 30.3. The summed E-state index contributed by atoms with van der Waals surface area (Å²) in [7, 11) is 1.51. The SMILES string of the molecule is CC[C@@H](CO)N1C(=O)[C@H]2[C@@H]3C(=O)O[C@H](c4ccccc4)[C@@H](COC)NC(=O)CC/C=C\CN(c4c(C)cccc4C)C(=O)[C@H]1[C@@]21C=C(Br)[C@@H]3O1. The molecule has 2 fully saturated rings. The van der Waals surface area contributed by atoms with Crippen molar-refractivity contribution in [1.29, 1.82) is 0 Å². The number of allylic oxidation sites excluding steroid dienone is 1. The molecular formula is C38H44BrN3O8. The quantitative estimate of drug-likeness (QED) is 0.320. The van der Waals surface area contributed by atoms with Gasteiger partial charge < -0.3 is 34.4 Å². The predicted octanol–water partition coefficient (Wildman–Crippen LogP) is 4.05. The summed E-state index contributed by atoms with van der Waals surface area (Å²) in [5, 5.41) is 13.6. The van der Waals surface area contributed by atoms with Crippen LogP contribution in [0.25, 0.3) is 0 Å². The van der Waals surface area contributed by atoms with Gasteiger partial charge in [-0.3, -0.25) is 19.2 Å². The molecule has 0 aromatic heterocycles. The van der Waals surface area contributed by atoms with Gasteiger partial charge in [0.05, 0.1) is 31.2 Å². The number of hydrogen-bond acceptors (Lipinski definition) is 8. The van der Waals surface area contributed by atoms with Crippen molar-refractivity contribution in [2.45, 2.75) is 76.0 Å². The molecule has 2 N–H and O–H groups in total. The van der Waals surface area contributed by atoms with Crippen molar-refractivity contribution in [3.8, 4) is 0 Å². The Labute approximate surface area is 300 Å². The second-order valence-corrected chi connectivity index (χ2v) is 14.3. The first-order valence-corrected chi connectivity index (χ1v) is 17.9. The number of esters is 1. The first-order valence-electron chi connectivity index (χ1n) is 17.1. The van der Waals surface area contributed by atoms with Gasteiger partial charge in [0, 0.05) is 30.2 Å². The maximum atomic E-state index is 15.2. The van der Waals surface area contributed by atoms with Crippen molar-refractivity contribution >= 4 is 45.3 Å². The van der Waals surface area contributed by atoms with E-state index in [-0.39, 0.29) is 32.1 Å². The average molecular weight is 751 g/mol. The Balaban J connectivity index is 1.52. The van der Waals surface area contributed by atoms with Crippen LogP contribution in [0.5, 0.6) is 0 Å². The van der Waals surface area contributed by atoms with Gasteiger partial charge in [0.15, 0.2) is 0 Å². The molecule has 50 heavy (non-hydrogen) atoms. The number of amides is 3. The van der Waals surface area contributed by atoms with E-state index in [1.54, 1.807) is 23.1 Å². The third kappa shape index (κ3) is 6.20. The molecule has 0 aliphatic carbocycles. The highest BCUT2D eigenvalue weighted by molar-refractivity contribution is 9.11. The van der Waals surface area contributed by atoms with E-state index in [2.05, 4.69) is 21.2 Å². The Kier molecular flexibility index (Phi) is 10.6. The monoisotopic (exact) mass is 749 g/mol. The lowest BCUT2D eigenvalue weighted by molar-refractivity contribution is -0.162. The summed E-state index contributed by atoms with van der Waals surface area (Å²) < 4.78 is 19.0. The number of hydrogen-bond donors (Lipinski definition) is 2. The number of fused-ring (bicyclic) bond motifs is 2. The fourth-order valence-electron chi connectivity index (χ4n) is 8.09. The molecule has 4 heterocycles. The van der Waals surface area contributed by atoms with E-state index in [0.29, 0.717) is 28.6 Å². The van der Waals surface area contributed by atoms with Crippen molar-refractivity contribution in [2.24, 2.45) is 11.8 Å². The lowest BCUT2D eigenvalue weighted by Gasteiger charge is -2.39. The van der Waals surface area contributed by atoms with Crippen molar-refractivity contribution in [3.05, 3.63) is 87.9 Å². The molecule has 0 saturated carbocycles. The number of anilines is 1. The molecule has 2 saturated heterocycles. The zero-order chi connectivity index (χ0) is 35.7. The van der Waals surface area contributed by atoms with Crippen LogP contribution in [-0.2, 0) is 33.4 Å². The number of nitrogens with zero attached hydrogens (tertiary/aromatic N) is 2. The van der Waals surface area contributed by atoms with Gasteiger partial charge in [0.25, 0.3) is 5.91 Å². The molecule has 11 nitrogen and oxygen atoms in total. The van der Waals surface area contributed by atoms with Crippen molar-refractivity contribution < 1.29 is 38.5 Å². The number of carbonyl (C=O) groups excluding carboxylic acids is 4. The summed E-state index contributed by atoms with van der Waals surface area (Å²) in [4.78, 5) is 60.9. The van der Waals surface area contributed by atoms with Crippen LogP contribution in [0, 0.1) is 25.7 Å². The predicted molar refractivity (Wildman–Crippen MR) is 189 cm³/mol. The molecule has 0 unspecified atom stereocenters. The zero-order valence-electron chi connectivity index (χ0n) is 28.7. The van der Waals surface area contributed by atoms with Crippen LogP contribution in [0.1, 0.15) is 49.0 Å². The number of aliphatic hydroxyl groups excluding tert-OH is 1. The van der Waals surface area contributed by atoms with Crippen LogP contribution in [0.15, 0.2) is 71.2 Å². The van der Waals surface area contributed by atoms with Gasteiger partial charge in [0.1, 0.15) is 29.8 Å². The Morgan fingerprint density at radius 1 is 1.02 bits per heavy atom. The molecule has 1 spiro atoms. The maximum Gasteiger partial charge on any atom is 0.313 e. The van der Waals surface area contributed by atoms with Crippen LogP contribution >= 0.6 is 15.9 Å². The molecule has 4 aliphatic heterocycles. The van der Waals surface area contributed by atoms with E-state index >= 15 is 4.79 Å². The number of benzene rings is 2. The third-order valence-electron chi connectivity index (χ3n) is 10.3. The van der Waals surface area contributed by atoms with Gasteiger partial charge in [-0.15, -0.1) is 0 Å². The fraction of sp³-hybridized carbons (Fsp3) is 0.474. The number of ether oxygens (including phenoxy) is 3. The average Bonchev–Trinajstić information content (AvgIpc) is 3.69. The summed E-state index contributed by atoms with van der Waals surface area (Å²) in [6, 6.07) is 12.2. The minimum atomic E-state index is -1.52. The van der Waals surface area contributed by atoms with Crippen LogP contribution in [0.4, 0.5) is 5.69 Å². The molecule has 12 heteroatoms. The van der Waals surface area contributed by atoms with Crippen LogP contribution in [-0.4, -0.2) is 90.4 Å². The molecule has 2 aromatic carbocycles. The largest absolute Gasteiger partial charge is 0.455 e. The normalized spacial score (nSPS) is 31.3. The number of rotatable bonds is 7. The van der Waals surface area contributed by atoms with Gasteiger partial charge in [-0.2, -0.15) is 0 Å². The molecule has 2 aromatic rings. The second-order valence-electron chi connectivity index (χ2n) is 13.4. The first-order chi connectivity index (χ1) is 24.1.